The SMILES string of the molecule is CCCCC(N)C(C)CC(C)CC. The van der Waals surface area contributed by atoms with Gasteiger partial charge in [-0.25, -0.2) is 0 Å². The van der Waals surface area contributed by atoms with E-state index in [0.717, 1.165) is 5.92 Å². The molecule has 0 fully saturated rings. The Morgan fingerprint density at radius 2 is 1.77 bits per heavy atom. The van der Waals surface area contributed by atoms with Crippen molar-refractivity contribution in [3.05, 3.63) is 0 Å². The lowest BCUT2D eigenvalue weighted by Gasteiger charge is -2.22. The first-order valence-electron chi connectivity index (χ1n) is 5.87. The molecule has 0 aliphatic rings. The molecule has 0 spiro atoms. The van der Waals surface area contributed by atoms with Crippen LogP contribution in [0, 0.1) is 11.8 Å². The summed E-state index contributed by atoms with van der Waals surface area (Å²) in [6.07, 6.45) is 6.33. The fourth-order valence-corrected chi connectivity index (χ4v) is 1.70. The van der Waals surface area contributed by atoms with Crippen LogP contribution < -0.4 is 5.73 Å². The van der Waals surface area contributed by atoms with E-state index in [9.17, 15) is 0 Å². The van der Waals surface area contributed by atoms with Gasteiger partial charge in [-0.15, -0.1) is 0 Å². The van der Waals surface area contributed by atoms with Crippen LogP contribution in [-0.4, -0.2) is 6.04 Å². The first-order valence-corrected chi connectivity index (χ1v) is 5.87. The highest BCUT2D eigenvalue weighted by atomic mass is 14.6. The van der Waals surface area contributed by atoms with Crippen LogP contribution in [0.3, 0.4) is 0 Å². The smallest absolute Gasteiger partial charge is 0.00646 e. The van der Waals surface area contributed by atoms with Gasteiger partial charge in [0.05, 0.1) is 0 Å². The molecule has 0 aliphatic heterocycles. The molecule has 3 unspecified atom stereocenters. The number of hydrogen-bond acceptors (Lipinski definition) is 1. The Morgan fingerprint density at radius 3 is 2.23 bits per heavy atom. The van der Waals surface area contributed by atoms with E-state index in [4.69, 9.17) is 5.73 Å². The highest BCUT2D eigenvalue weighted by Crippen LogP contribution is 2.19. The van der Waals surface area contributed by atoms with Crippen LogP contribution in [0.4, 0.5) is 0 Å². The lowest BCUT2D eigenvalue weighted by Crippen LogP contribution is -2.29. The third-order valence-electron chi connectivity index (χ3n) is 3.09. The van der Waals surface area contributed by atoms with Gasteiger partial charge in [0.25, 0.3) is 0 Å². The van der Waals surface area contributed by atoms with Crippen molar-refractivity contribution in [2.45, 2.75) is 65.8 Å². The van der Waals surface area contributed by atoms with Crippen molar-refractivity contribution in [3.8, 4) is 0 Å². The van der Waals surface area contributed by atoms with Gasteiger partial charge in [-0.05, 0) is 24.7 Å². The van der Waals surface area contributed by atoms with Crippen molar-refractivity contribution in [2.24, 2.45) is 17.6 Å². The van der Waals surface area contributed by atoms with Crippen LogP contribution in [0.1, 0.15) is 59.8 Å². The van der Waals surface area contributed by atoms with Crippen molar-refractivity contribution in [3.63, 3.8) is 0 Å². The van der Waals surface area contributed by atoms with Crippen LogP contribution in [0.2, 0.25) is 0 Å². The topological polar surface area (TPSA) is 26.0 Å². The van der Waals surface area contributed by atoms with Crippen molar-refractivity contribution in [1.29, 1.82) is 0 Å². The van der Waals surface area contributed by atoms with Gasteiger partial charge in [0.1, 0.15) is 0 Å². The second-order valence-electron chi connectivity index (χ2n) is 4.53. The lowest BCUT2D eigenvalue weighted by molar-refractivity contribution is 0.336. The Labute approximate surface area is 84.1 Å². The first kappa shape index (κ1) is 13.0. The van der Waals surface area contributed by atoms with Gasteiger partial charge < -0.3 is 5.73 Å². The van der Waals surface area contributed by atoms with Gasteiger partial charge in [-0.2, -0.15) is 0 Å². The van der Waals surface area contributed by atoms with Crippen molar-refractivity contribution in [1.82, 2.24) is 0 Å². The van der Waals surface area contributed by atoms with Crippen molar-refractivity contribution < 1.29 is 0 Å². The van der Waals surface area contributed by atoms with Crippen LogP contribution in [0.25, 0.3) is 0 Å². The fraction of sp³-hybridized carbons (Fsp3) is 1.00. The molecule has 13 heavy (non-hydrogen) atoms. The average molecular weight is 185 g/mol. The normalized spacial score (nSPS) is 18.2. The number of rotatable bonds is 7. The summed E-state index contributed by atoms with van der Waals surface area (Å²) in [7, 11) is 0. The zero-order chi connectivity index (χ0) is 10.3. The Kier molecular flexibility index (Phi) is 7.35. The monoisotopic (exact) mass is 185 g/mol. The second-order valence-corrected chi connectivity index (χ2v) is 4.53. The van der Waals surface area contributed by atoms with Gasteiger partial charge in [-0.1, -0.05) is 47.0 Å². The molecule has 0 aromatic rings. The summed E-state index contributed by atoms with van der Waals surface area (Å²) in [6.45, 7) is 9.11. The van der Waals surface area contributed by atoms with E-state index in [1.165, 1.54) is 32.1 Å². The van der Waals surface area contributed by atoms with Gasteiger partial charge in [-0.3, -0.25) is 0 Å². The molecule has 0 heterocycles. The molecule has 80 valence electrons. The molecule has 0 saturated heterocycles. The predicted molar refractivity (Wildman–Crippen MR) is 60.7 cm³/mol. The van der Waals surface area contributed by atoms with Crippen LogP contribution in [0.15, 0.2) is 0 Å². The zero-order valence-corrected chi connectivity index (χ0v) is 9.84. The van der Waals surface area contributed by atoms with E-state index < -0.39 is 0 Å². The van der Waals surface area contributed by atoms with Crippen LogP contribution in [0.5, 0.6) is 0 Å². The third-order valence-corrected chi connectivity index (χ3v) is 3.09. The minimum atomic E-state index is 0.425. The van der Waals surface area contributed by atoms with E-state index >= 15 is 0 Å². The number of nitrogens with two attached hydrogens (primary N) is 1. The zero-order valence-electron chi connectivity index (χ0n) is 9.84. The predicted octanol–water partition coefficient (Wildman–Crippen LogP) is 3.58. The van der Waals surface area contributed by atoms with Gasteiger partial charge in [0, 0.05) is 6.04 Å². The lowest BCUT2D eigenvalue weighted by atomic mass is 9.88. The van der Waals surface area contributed by atoms with Gasteiger partial charge >= 0.3 is 0 Å². The maximum atomic E-state index is 6.11. The average Bonchev–Trinajstić information content (AvgIpc) is 2.13. The summed E-state index contributed by atoms with van der Waals surface area (Å²) in [4.78, 5) is 0. The summed E-state index contributed by atoms with van der Waals surface area (Å²) in [5.74, 6) is 1.53. The molecule has 0 bridgehead atoms. The van der Waals surface area contributed by atoms with E-state index in [2.05, 4.69) is 27.7 Å². The molecule has 2 N–H and O–H groups in total. The summed E-state index contributed by atoms with van der Waals surface area (Å²) < 4.78 is 0. The fourth-order valence-electron chi connectivity index (χ4n) is 1.70. The summed E-state index contributed by atoms with van der Waals surface area (Å²) in [5.41, 5.74) is 6.11. The molecular formula is C12H27N. The van der Waals surface area contributed by atoms with Gasteiger partial charge in [0.15, 0.2) is 0 Å². The van der Waals surface area contributed by atoms with Gasteiger partial charge in [0.2, 0.25) is 0 Å². The van der Waals surface area contributed by atoms with Crippen LogP contribution in [-0.2, 0) is 0 Å². The summed E-state index contributed by atoms with van der Waals surface area (Å²) in [6, 6.07) is 0.425. The molecule has 0 aliphatic carbocycles. The molecule has 1 nitrogen and oxygen atoms in total. The maximum absolute atomic E-state index is 6.11. The van der Waals surface area contributed by atoms with Crippen molar-refractivity contribution in [2.75, 3.05) is 0 Å². The van der Waals surface area contributed by atoms with E-state index in [-0.39, 0.29) is 0 Å². The third kappa shape index (κ3) is 6.09. The van der Waals surface area contributed by atoms with Crippen LogP contribution >= 0.6 is 0 Å². The molecule has 0 rings (SSSR count). The molecule has 0 aromatic heterocycles. The standard InChI is InChI=1S/C12H27N/c1-5-7-8-12(13)11(4)9-10(3)6-2/h10-12H,5-9,13H2,1-4H3. The highest BCUT2D eigenvalue weighted by Gasteiger charge is 2.14. The molecule has 0 saturated carbocycles. The molecular weight excluding hydrogens is 158 g/mol. The molecule has 0 amide bonds. The van der Waals surface area contributed by atoms with Crippen molar-refractivity contribution >= 4 is 0 Å². The number of unbranched alkanes of at least 4 members (excludes halogenated alkanes) is 1. The highest BCUT2D eigenvalue weighted by molar-refractivity contribution is 4.70. The maximum Gasteiger partial charge on any atom is 0.00646 e. The van der Waals surface area contributed by atoms with E-state index in [1.807, 2.05) is 0 Å². The summed E-state index contributed by atoms with van der Waals surface area (Å²) >= 11 is 0. The minimum Gasteiger partial charge on any atom is -0.327 e. The quantitative estimate of drug-likeness (QED) is 0.644. The Hall–Kier alpha value is -0.0400. The Bertz CT molecular complexity index is 112. The second kappa shape index (κ2) is 7.37. The Morgan fingerprint density at radius 1 is 1.15 bits per heavy atom. The first-order chi connectivity index (χ1) is 6.11. The summed E-state index contributed by atoms with van der Waals surface area (Å²) in [5, 5.41) is 0. The molecule has 1 heteroatoms. The Balaban J connectivity index is 3.61. The molecule has 0 aromatic carbocycles. The number of hydrogen-bond donors (Lipinski definition) is 1. The van der Waals surface area contributed by atoms with E-state index in [1.54, 1.807) is 0 Å². The molecule has 0 radical (unpaired) electrons. The molecule has 3 atom stereocenters. The largest absolute Gasteiger partial charge is 0.327 e. The minimum absolute atomic E-state index is 0.425. The van der Waals surface area contributed by atoms with E-state index in [0.29, 0.717) is 12.0 Å².